The number of ether oxygens (including phenoxy) is 1. The molecule has 1 amide bonds. The predicted molar refractivity (Wildman–Crippen MR) is 104 cm³/mol. The molecule has 1 aromatic carbocycles. The number of nitrogens with one attached hydrogen (secondary N) is 2. The van der Waals surface area contributed by atoms with Crippen LogP contribution in [0.3, 0.4) is 0 Å². The van der Waals surface area contributed by atoms with E-state index in [1.54, 1.807) is 7.05 Å². The molecule has 1 atom stereocenters. The first kappa shape index (κ1) is 18.5. The Bertz CT molecular complexity index is 708. The van der Waals surface area contributed by atoms with Crippen LogP contribution in [0.15, 0.2) is 36.5 Å². The van der Waals surface area contributed by atoms with E-state index in [0.29, 0.717) is 5.92 Å². The second-order valence-electron chi connectivity index (χ2n) is 6.95. The van der Waals surface area contributed by atoms with Crippen molar-refractivity contribution in [1.82, 2.24) is 15.2 Å². The van der Waals surface area contributed by atoms with Gasteiger partial charge in [-0.15, -0.1) is 0 Å². The number of carbonyl (C=O) groups excluding carboxylic acids is 1. The molecule has 3 rings (SSSR count). The molecule has 0 bridgehead atoms. The van der Waals surface area contributed by atoms with Gasteiger partial charge in [-0.1, -0.05) is 19.1 Å². The number of benzene rings is 1. The molecule has 2 heterocycles. The molecule has 5 nitrogen and oxygen atoms in total. The monoisotopic (exact) mass is 355 g/mol. The van der Waals surface area contributed by atoms with Gasteiger partial charge in [-0.2, -0.15) is 0 Å². The Hall–Kier alpha value is -2.27. The fraction of sp³-hybridized carbons (Fsp3) is 0.476. The van der Waals surface area contributed by atoms with E-state index in [2.05, 4.69) is 46.4 Å². The fourth-order valence-corrected chi connectivity index (χ4v) is 3.66. The van der Waals surface area contributed by atoms with Crippen molar-refractivity contribution >= 4 is 5.91 Å². The van der Waals surface area contributed by atoms with E-state index in [9.17, 15) is 4.79 Å². The number of amides is 1. The summed E-state index contributed by atoms with van der Waals surface area (Å²) in [6.45, 7) is 5.87. The van der Waals surface area contributed by atoms with Crippen LogP contribution in [0.25, 0.3) is 0 Å². The van der Waals surface area contributed by atoms with E-state index in [0.717, 1.165) is 62.5 Å². The lowest BCUT2D eigenvalue weighted by atomic mass is 9.92. The molecule has 0 spiro atoms. The predicted octanol–water partition coefficient (Wildman–Crippen LogP) is 3.54. The highest BCUT2D eigenvalue weighted by molar-refractivity contribution is 5.95. The maximum absolute atomic E-state index is 12.1. The summed E-state index contributed by atoms with van der Waals surface area (Å²) in [6, 6.07) is 10.3. The van der Waals surface area contributed by atoms with Gasteiger partial charge in [-0.05, 0) is 49.6 Å². The third-order valence-electron chi connectivity index (χ3n) is 4.97. The van der Waals surface area contributed by atoms with Crippen LogP contribution in [-0.4, -0.2) is 42.5 Å². The summed E-state index contributed by atoms with van der Waals surface area (Å²) in [5.74, 6) is 1.30. The highest BCUT2D eigenvalue weighted by Crippen LogP contribution is 2.29. The zero-order valence-corrected chi connectivity index (χ0v) is 15.8. The van der Waals surface area contributed by atoms with Crippen molar-refractivity contribution in [3.8, 4) is 5.75 Å². The molecule has 1 fully saturated rings. The quantitative estimate of drug-likeness (QED) is 0.799. The number of aromatic nitrogens is 1. The lowest BCUT2D eigenvalue weighted by molar-refractivity contribution is 0.0960. The zero-order chi connectivity index (χ0) is 18.4. The molecule has 1 aliphatic rings. The number of nitrogens with zero attached hydrogens (tertiary/aromatic N) is 1. The van der Waals surface area contributed by atoms with E-state index >= 15 is 0 Å². The van der Waals surface area contributed by atoms with Crippen LogP contribution in [0, 0.1) is 0 Å². The molecule has 0 saturated carbocycles. The Balaban J connectivity index is 1.62. The van der Waals surface area contributed by atoms with E-state index in [1.807, 2.05) is 12.3 Å². The van der Waals surface area contributed by atoms with E-state index in [4.69, 9.17) is 4.74 Å². The van der Waals surface area contributed by atoms with Gasteiger partial charge in [0.15, 0.2) is 0 Å². The molecular weight excluding hydrogens is 326 g/mol. The molecule has 1 saturated heterocycles. The number of likely N-dealkylation sites (tertiary alicyclic amines) is 1. The second kappa shape index (κ2) is 8.90. The van der Waals surface area contributed by atoms with Crippen LogP contribution < -0.4 is 10.1 Å². The summed E-state index contributed by atoms with van der Waals surface area (Å²) in [7, 11) is 1.68. The number of H-pyrrole nitrogens is 1. The van der Waals surface area contributed by atoms with Gasteiger partial charge in [0.2, 0.25) is 0 Å². The molecule has 0 radical (unpaired) electrons. The van der Waals surface area contributed by atoms with Crippen molar-refractivity contribution in [3.05, 3.63) is 53.3 Å². The summed E-state index contributed by atoms with van der Waals surface area (Å²) in [4.78, 5) is 17.8. The normalized spacial score (nSPS) is 17.8. The Kier molecular flexibility index (Phi) is 6.34. The first-order valence-corrected chi connectivity index (χ1v) is 9.54. The molecule has 1 aliphatic heterocycles. The largest absolute Gasteiger partial charge is 0.494 e. The van der Waals surface area contributed by atoms with Crippen molar-refractivity contribution in [2.45, 2.75) is 38.6 Å². The highest BCUT2D eigenvalue weighted by Gasteiger charge is 2.25. The molecule has 2 aromatic rings. The standard InChI is InChI=1S/C21H29N3O2/c1-3-13-26-18-8-6-16(7-9-18)14-24-12-4-5-17(15-24)20-19(10-11-23-20)21(25)22-2/h6-11,17,23H,3-5,12-15H2,1-2H3,(H,22,25). The van der Waals surface area contributed by atoms with Crippen LogP contribution in [0.4, 0.5) is 0 Å². The average molecular weight is 355 g/mol. The lowest BCUT2D eigenvalue weighted by Crippen LogP contribution is -2.34. The van der Waals surface area contributed by atoms with Gasteiger partial charge < -0.3 is 15.0 Å². The fourth-order valence-electron chi connectivity index (χ4n) is 3.66. The number of hydrogen-bond donors (Lipinski definition) is 2. The van der Waals surface area contributed by atoms with Gasteiger partial charge in [-0.25, -0.2) is 0 Å². The summed E-state index contributed by atoms with van der Waals surface area (Å²) >= 11 is 0. The van der Waals surface area contributed by atoms with Crippen LogP contribution in [0.2, 0.25) is 0 Å². The van der Waals surface area contributed by atoms with Crippen molar-refractivity contribution < 1.29 is 9.53 Å². The van der Waals surface area contributed by atoms with E-state index < -0.39 is 0 Å². The maximum Gasteiger partial charge on any atom is 0.252 e. The minimum absolute atomic E-state index is 0.0129. The van der Waals surface area contributed by atoms with Crippen molar-refractivity contribution in [1.29, 1.82) is 0 Å². The molecule has 5 heteroatoms. The SMILES string of the molecule is CCCOc1ccc(CN2CCCC(c3[nH]ccc3C(=O)NC)C2)cc1. The number of rotatable bonds is 7. The molecule has 26 heavy (non-hydrogen) atoms. The zero-order valence-electron chi connectivity index (χ0n) is 15.8. The first-order chi connectivity index (χ1) is 12.7. The third kappa shape index (κ3) is 4.47. The van der Waals surface area contributed by atoms with Crippen molar-refractivity contribution in [3.63, 3.8) is 0 Å². The van der Waals surface area contributed by atoms with Gasteiger partial charge in [0.05, 0.1) is 12.2 Å². The minimum atomic E-state index is -0.0129. The van der Waals surface area contributed by atoms with E-state index in [-0.39, 0.29) is 5.91 Å². The third-order valence-corrected chi connectivity index (χ3v) is 4.97. The number of piperidine rings is 1. The molecular formula is C21H29N3O2. The molecule has 140 valence electrons. The first-order valence-electron chi connectivity index (χ1n) is 9.54. The number of carbonyl (C=O) groups is 1. The summed E-state index contributed by atoms with van der Waals surface area (Å²) < 4.78 is 5.66. The van der Waals surface area contributed by atoms with Crippen LogP contribution in [0.5, 0.6) is 5.75 Å². The molecule has 2 N–H and O–H groups in total. The van der Waals surface area contributed by atoms with Gasteiger partial charge >= 0.3 is 0 Å². The minimum Gasteiger partial charge on any atom is -0.494 e. The van der Waals surface area contributed by atoms with E-state index in [1.165, 1.54) is 5.56 Å². The highest BCUT2D eigenvalue weighted by atomic mass is 16.5. The summed E-state index contributed by atoms with van der Waals surface area (Å²) in [5, 5.41) is 2.73. The Morgan fingerprint density at radius 2 is 2.12 bits per heavy atom. The topological polar surface area (TPSA) is 57.4 Å². The maximum atomic E-state index is 12.1. The smallest absolute Gasteiger partial charge is 0.252 e. The van der Waals surface area contributed by atoms with Crippen molar-refractivity contribution in [2.75, 3.05) is 26.7 Å². The van der Waals surface area contributed by atoms with Gasteiger partial charge in [-0.3, -0.25) is 9.69 Å². The van der Waals surface area contributed by atoms with Gasteiger partial charge in [0.25, 0.3) is 5.91 Å². The number of hydrogen-bond acceptors (Lipinski definition) is 3. The molecule has 0 aliphatic carbocycles. The van der Waals surface area contributed by atoms with Gasteiger partial charge in [0.1, 0.15) is 5.75 Å². The van der Waals surface area contributed by atoms with Crippen molar-refractivity contribution in [2.24, 2.45) is 0 Å². The lowest BCUT2D eigenvalue weighted by Gasteiger charge is -2.32. The Labute approximate surface area is 155 Å². The summed E-state index contributed by atoms with van der Waals surface area (Å²) in [5.41, 5.74) is 3.14. The second-order valence-corrected chi connectivity index (χ2v) is 6.95. The Morgan fingerprint density at radius 3 is 2.85 bits per heavy atom. The van der Waals surface area contributed by atoms with Gasteiger partial charge in [0, 0.05) is 37.9 Å². The summed E-state index contributed by atoms with van der Waals surface area (Å²) in [6.07, 6.45) is 5.15. The average Bonchev–Trinajstić information content (AvgIpc) is 3.17. The Morgan fingerprint density at radius 1 is 1.31 bits per heavy atom. The molecule has 1 unspecified atom stereocenters. The van der Waals surface area contributed by atoms with Crippen LogP contribution in [-0.2, 0) is 6.54 Å². The molecule has 1 aromatic heterocycles. The van der Waals surface area contributed by atoms with Crippen LogP contribution in [0.1, 0.15) is 53.7 Å². The number of aromatic amines is 1. The van der Waals surface area contributed by atoms with Crippen LogP contribution >= 0.6 is 0 Å².